The molecule has 5 nitrogen and oxygen atoms in total. The minimum absolute atomic E-state index is 0.161. The molecule has 2 rings (SSSR count). The van der Waals surface area contributed by atoms with E-state index in [9.17, 15) is 13.2 Å². The van der Waals surface area contributed by atoms with Crippen molar-refractivity contribution in [3.8, 4) is 0 Å². The Labute approximate surface area is 132 Å². The lowest BCUT2D eigenvalue weighted by atomic mass is 10.1. The van der Waals surface area contributed by atoms with E-state index in [0.29, 0.717) is 31.1 Å². The van der Waals surface area contributed by atoms with Gasteiger partial charge in [0.2, 0.25) is 10.0 Å². The molecule has 1 aromatic rings. The first-order valence-electron chi connectivity index (χ1n) is 7.79. The number of carbonyl (C=O) groups excluding carboxylic acids is 1. The molecule has 122 valence electrons. The van der Waals surface area contributed by atoms with E-state index >= 15 is 0 Å². The SMILES string of the molecule is CC(C)CCNC(=O)c1ccc(S(=O)(=O)N2CCCC2)cc1. The van der Waals surface area contributed by atoms with Gasteiger partial charge in [0.05, 0.1) is 4.90 Å². The van der Waals surface area contributed by atoms with Crippen molar-refractivity contribution < 1.29 is 13.2 Å². The second kappa shape index (κ2) is 7.24. The highest BCUT2D eigenvalue weighted by atomic mass is 32.2. The number of amides is 1. The van der Waals surface area contributed by atoms with Crippen molar-refractivity contribution in [1.82, 2.24) is 9.62 Å². The minimum atomic E-state index is -3.41. The number of hydrogen-bond acceptors (Lipinski definition) is 3. The van der Waals surface area contributed by atoms with Crippen LogP contribution in [-0.4, -0.2) is 38.3 Å². The number of carbonyl (C=O) groups is 1. The second-order valence-corrected chi connectivity index (χ2v) is 8.01. The molecule has 0 aromatic heterocycles. The maximum atomic E-state index is 12.4. The monoisotopic (exact) mass is 324 g/mol. The van der Waals surface area contributed by atoms with E-state index in [2.05, 4.69) is 19.2 Å². The molecule has 0 radical (unpaired) electrons. The lowest BCUT2D eigenvalue weighted by Crippen LogP contribution is -2.28. The van der Waals surface area contributed by atoms with Crippen LogP contribution in [0.4, 0.5) is 0 Å². The molecule has 1 saturated heterocycles. The van der Waals surface area contributed by atoms with Crippen LogP contribution in [0.25, 0.3) is 0 Å². The van der Waals surface area contributed by atoms with Crippen molar-refractivity contribution in [3.63, 3.8) is 0 Å². The summed E-state index contributed by atoms with van der Waals surface area (Å²) in [4.78, 5) is 12.2. The minimum Gasteiger partial charge on any atom is -0.352 e. The predicted molar refractivity (Wildman–Crippen MR) is 86.2 cm³/mol. The van der Waals surface area contributed by atoms with Crippen LogP contribution in [0.5, 0.6) is 0 Å². The molecule has 1 heterocycles. The van der Waals surface area contributed by atoms with Gasteiger partial charge < -0.3 is 5.32 Å². The largest absolute Gasteiger partial charge is 0.352 e. The van der Waals surface area contributed by atoms with Gasteiger partial charge in [-0.05, 0) is 49.4 Å². The molecule has 22 heavy (non-hydrogen) atoms. The van der Waals surface area contributed by atoms with E-state index in [0.717, 1.165) is 19.3 Å². The van der Waals surface area contributed by atoms with Gasteiger partial charge >= 0.3 is 0 Å². The summed E-state index contributed by atoms with van der Waals surface area (Å²) in [5.41, 5.74) is 0.490. The Kier molecular flexibility index (Phi) is 5.58. The van der Waals surface area contributed by atoms with Crippen molar-refractivity contribution in [2.75, 3.05) is 19.6 Å². The standard InChI is InChI=1S/C16H24N2O3S/c1-13(2)9-10-17-16(19)14-5-7-15(8-6-14)22(20,21)18-11-3-4-12-18/h5-8,13H,3-4,9-12H2,1-2H3,(H,17,19). The molecule has 0 spiro atoms. The van der Waals surface area contributed by atoms with Gasteiger partial charge in [-0.15, -0.1) is 0 Å². The summed E-state index contributed by atoms with van der Waals surface area (Å²) < 4.78 is 26.3. The Bertz CT molecular complexity index is 603. The highest BCUT2D eigenvalue weighted by molar-refractivity contribution is 7.89. The van der Waals surface area contributed by atoms with Crippen molar-refractivity contribution in [1.29, 1.82) is 0 Å². The van der Waals surface area contributed by atoms with Gasteiger partial charge in [0, 0.05) is 25.2 Å². The molecule has 0 aliphatic carbocycles. The molecule has 0 atom stereocenters. The van der Waals surface area contributed by atoms with Crippen LogP contribution in [-0.2, 0) is 10.0 Å². The first-order chi connectivity index (χ1) is 10.4. The van der Waals surface area contributed by atoms with Crippen LogP contribution in [0.15, 0.2) is 29.2 Å². The third-order valence-corrected chi connectivity index (χ3v) is 5.74. The summed E-state index contributed by atoms with van der Waals surface area (Å²) in [7, 11) is -3.41. The van der Waals surface area contributed by atoms with Crippen LogP contribution < -0.4 is 5.32 Å². The number of rotatable bonds is 6. The molecule has 0 bridgehead atoms. The van der Waals surface area contributed by atoms with Crippen LogP contribution in [0.3, 0.4) is 0 Å². The summed E-state index contributed by atoms with van der Waals surface area (Å²) in [6, 6.07) is 6.19. The lowest BCUT2D eigenvalue weighted by Gasteiger charge is -2.15. The van der Waals surface area contributed by atoms with Gasteiger partial charge in [-0.1, -0.05) is 13.8 Å². The number of nitrogens with one attached hydrogen (secondary N) is 1. The third-order valence-electron chi connectivity index (χ3n) is 3.83. The van der Waals surface area contributed by atoms with Crippen molar-refractivity contribution in [2.24, 2.45) is 5.92 Å². The summed E-state index contributed by atoms with van der Waals surface area (Å²) >= 11 is 0. The molecule has 1 amide bonds. The average molecular weight is 324 g/mol. The topological polar surface area (TPSA) is 66.5 Å². The summed E-state index contributed by atoms with van der Waals surface area (Å²) in [6.45, 7) is 6.00. The average Bonchev–Trinajstić information content (AvgIpc) is 3.02. The molecule has 1 N–H and O–H groups in total. The van der Waals surface area contributed by atoms with Crippen LogP contribution in [0.1, 0.15) is 43.5 Å². The summed E-state index contributed by atoms with van der Waals surface area (Å²) in [5, 5.41) is 2.84. The molecule has 0 saturated carbocycles. The Hall–Kier alpha value is -1.40. The summed E-state index contributed by atoms with van der Waals surface area (Å²) in [5.74, 6) is 0.374. The molecular weight excluding hydrogens is 300 g/mol. The zero-order valence-corrected chi connectivity index (χ0v) is 14.0. The second-order valence-electron chi connectivity index (χ2n) is 6.07. The van der Waals surface area contributed by atoms with E-state index < -0.39 is 10.0 Å². The number of benzene rings is 1. The number of hydrogen-bond donors (Lipinski definition) is 1. The van der Waals surface area contributed by atoms with Crippen molar-refractivity contribution in [2.45, 2.75) is 38.0 Å². The molecule has 6 heteroatoms. The Balaban J connectivity index is 2.02. The Morgan fingerprint density at radius 2 is 1.77 bits per heavy atom. The van der Waals surface area contributed by atoms with E-state index in [1.165, 1.54) is 16.4 Å². The smallest absolute Gasteiger partial charge is 0.251 e. The maximum absolute atomic E-state index is 12.4. The number of nitrogens with zero attached hydrogens (tertiary/aromatic N) is 1. The van der Waals surface area contributed by atoms with Gasteiger partial charge in [-0.3, -0.25) is 4.79 Å². The number of sulfonamides is 1. The fraction of sp³-hybridized carbons (Fsp3) is 0.562. The van der Waals surface area contributed by atoms with Crippen molar-refractivity contribution >= 4 is 15.9 Å². The van der Waals surface area contributed by atoms with Gasteiger partial charge in [-0.25, -0.2) is 8.42 Å². The van der Waals surface area contributed by atoms with Crippen LogP contribution >= 0.6 is 0 Å². The third kappa shape index (κ3) is 4.08. The van der Waals surface area contributed by atoms with E-state index in [1.54, 1.807) is 12.1 Å². The predicted octanol–water partition coefficient (Wildman–Crippen LogP) is 2.25. The first-order valence-corrected chi connectivity index (χ1v) is 9.23. The molecule has 1 aliphatic heterocycles. The quantitative estimate of drug-likeness (QED) is 0.873. The zero-order chi connectivity index (χ0) is 16.2. The van der Waals surface area contributed by atoms with Gasteiger partial charge in [0.15, 0.2) is 0 Å². The van der Waals surface area contributed by atoms with E-state index in [-0.39, 0.29) is 10.8 Å². The highest BCUT2D eigenvalue weighted by Crippen LogP contribution is 2.21. The maximum Gasteiger partial charge on any atom is 0.251 e. The summed E-state index contributed by atoms with van der Waals surface area (Å²) in [6.07, 6.45) is 2.75. The molecule has 1 aromatic carbocycles. The van der Waals surface area contributed by atoms with Crippen LogP contribution in [0, 0.1) is 5.92 Å². The first kappa shape index (κ1) is 17.0. The molecule has 0 unspecified atom stereocenters. The fourth-order valence-electron chi connectivity index (χ4n) is 2.43. The van der Waals surface area contributed by atoms with Gasteiger partial charge in [0.1, 0.15) is 0 Å². The highest BCUT2D eigenvalue weighted by Gasteiger charge is 2.27. The Morgan fingerprint density at radius 3 is 2.32 bits per heavy atom. The fourth-order valence-corrected chi connectivity index (χ4v) is 3.95. The normalized spacial score (nSPS) is 16.1. The van der Waals surface area contributed by atoms with Gasteiger partial charge in [-0.2, -0.15) is 4.31 Å². The van der Waals surface area contributed by atoms with E-state index in [1.807, 2.05) is 0 Å². The lowest BCUT2D eigenvalue weighted by molar-refractivity contribution is 0.0952. The molecule has 1 fully saturated rings. The van der Waals surface area contributed by atoms with Crippen LogP contribution in [0.2, 0.25) is 0 Å². The zero-order valence-electron chi connectivity index (χ0n) is 13.2. The van der Waals surface area contributed by atoms with Crippen molar-refractivity contribution in [3.05, 3.63) is 29.8 Å². The van der Waals surface area contributed by atoms with Gasteiger partial charge in [0.25, 0.3) is 5.91 Å². The van der Waals surface area contributed by atoms with E-state index in [4.69, 9.17) is 0 Å². The Morgan fingerprint density at radius 1 is 1.18 bits per heavy atom. The molecular formula is C16H24N2O3S. The molecule has 1 aliphatic rings.